The Bertz CT molecular complexity index is 1130. The fourth-order valence-corrected chi connectivity index (χ4v) is 5.65. The zero-order chi connectivity index (χ0) is 24.5. The van der Waals surface area contributed by atoms with Crippen LogP contribution in [0.4, 0.5) is 0 Å². The van der Waals surface area contributed by atoms with Crippen LogP contribution in [0.15, 0.2) is 66.5 Å². The van der Waals surface area contributed by atoms with Gasteiger partial charge >= 0.3 is 0 Å². The maximum atomic E-state index is 12.2. The molecule has 0 bridgehead atoms. The molecule has 0 spiro atoms. The van der Waals surface area contributed by atoms with Gasteiger partial charge in [-0.1, -0.05) is 48.9 Å². The minimum atomic E-state index is -3.86. The summed E-state index contributed by atoms with van der Waals surface area (Å²) < 4.78 is 41.2. The quantitative estimate of drug-likeness (QED) is 0.556. The minimum absolute atomic E-state index is 0.272. The molecule has 6 atom stereocenters. The third-order valence-electron chi connectivity index (χ3n) is 6.41. The third kappa shape index (κ3) is 4.85. The SMILES string of the molecule is CCc1ccc([C@@H]2O[C@H](S(C)(=O)=O)[C@@H](O)[C@H](O)[C@H]2O)cc1C(C1=CC=CCC1)C1=COC=CO1. The highest BCUT2D eigenvalue weighted by atomic mass is 32.2. The van der Waals surface area contributed by atoms with E-state index in [1.54, 1.807) is 12.3 Å². The number of aliphatic hydroxyl groups is 3. The molecule has 1 fully saturated rings. The van der Waals surface area contributed by atoms with Crippen molar-refractivity contribution >= 4 is 9.84 Å². The smallest absolute Gasteiger partial charge is 0.187 e. The summed E-state index contributed by atoms with van der Waals surface area (Å²) in [5.41, 5.74) is 1.89. The first kappa shape index (κ1) is 24.7. The molecule has 8 nitrogen and oxygen atoms in total. The Morgan fingerprint density at radius 2 is 1.91 bits per heavy atom. The van der Waals surface area contributed by atoms with E-state index in [0.717, 1.165) is 42.2 Å². The summed E-state index contributed by atoms with van der Waals surface area (Å²) >= 11 is 0. The summed E-state index contributed by atoms with van der Waals surface area (Å²) in [7, 11) is -3.86. The van der Waals surface area contributed by atoms with Crippen molar-refractivity contribution in [1.29, 1.82) is 0 Å². The number of aryl methyl sites for hydroxylation is 1. The molecule has 4 rings (SSSR count). The van der Waals surface area contributed by atoms with Gasteiger partial charge in [0.05, 0.1) is 5.92 Å². The molecule has 2 heterocycles. The van der Waals surface area contributed by atoms with E-state index in [0.29, 0.717) is 11.3 Å². The van der Waals surface area contributed by atoms with Gasteiger partial charge in [0.15, 0.2) is 15.3 Å². The first-order valence-electron chi connectivity index (χ1n) is 11.3. The third-order valence-corrected chi connectivity index (χ3v) is 7.64. The van der Waals surface area contributed by atoms with Gasteiger partial charge in [-0.15, -0.1) is 0 Å². The van der Waals surface area contributed by atoms with Crippen molar-refractivity contribution < 1.29 is 37.9 Å². The molecule has 3 aliphatic rings. The molecule has 1 aromatic carbocycles. The number of hydrogen-bond donors (Lipinski definition) is 3. The number of sulfone groups is 1. The number of allylic oxidation sites excluding steroid dienone is 4. The molecule has 0 saturated carbocycles. The molecule has 0 aromatic heterocycles. The van der Waals surface area contributed by atoms with Crippen molar-refractivity contribution in [2.75, 3.05) is 6.26 Å². The van der Waals surface area contributed by atoms with Crippen LogP contribution in [0.2, 0.25) is 0 Å². The second-order valence-electron chi connectivity index (χ2n) is 8.73. The fraction of sp³-hybridized carbons (Fsp3) is 0.440. The maximum absolute atomic E-state index is 12.2. The molecule has 0 amide bonds. The molecule has 2 aliphatic heterocycles. The van der Waals surface area contributed by atoms with Gasteiger partial charge in [0.2, 0.25) is 0 Å². The standard InChI is InChI=1S/C25H30O8S/c1-3-15-9-10-17(24-22(27)21(26)23(28)25(33-24)34(2,29)30)13-18(15)20(16-7-5-4-6-8-16)19-14-31-11-12-32-19/h4-5,7,9-14,20-28H,3,6,8H2,1-2H3/t20?,21-,22-,23+,24+,25-/m1/s1. The lowest BCUT2D eigenvalue weighted by molar-refractivity contribution is -0.202. The van der Waals surface area contributed by atoms with E-state index in [4.69, 9.17) is 14.2 Å². The average Bonchev–Trinajstić information content (AvgIpc) is 2.83. The molecule has 184 valence electrons. The fourth-order valence-electron chi connectivity index (χ4n) is 4.66. The van der Waals surface area contributed by atoms with Gasteiger partial charge in [-0.25, -0.2) is 8.42 Å². The first-order valence-corrected chi connectivity index (χ1v) is 13.2. The van der Waals surface area contributed by atoms with Gasteiger partial charge in [0.25, 0.3) is 0 Å². The largest absolute Gasteiger partial charge is 0.466 e. The van der Waals surface area contributed by atoms with Crippen molar-refractivity contribution in [2.45, 2.75) is 62.0 Å². The van der Waals surface area contributed by atoms with E-state index in [-0.39, 0.29) is 5.92 Å². The predicted molar refractivity (Wildman–Crippen MR) is 125 cm³/mol. The van der Waals surface area contributed by atoms with Crippen LogP contribution in [0.5, 0.6) is 0 Å². The van der Waals surface area contributed by atoms with Crippen LogP contribution in [-0.4, -0.2) is 53.7 Å². The molecule has 1 aliphatic carbocycles. The molecular formula is C25H30O8S. The summed E-state index contributed by atoms with van der Waals surface area (Å²) in [6.45, 7) is 2.03. The molecule has 9 heteroatoms. The Morgan fingerprint density at radius 1 is 1.12 bits per heavy atom. The van der Waals surface area contributed by atoms with E-state index in [2.05, 4.69) is 12.2 Å². The Balaban J connectivity index is 1.80. The lowest BCUT2D eigenvalue weighted by Crippen LogP contribution is -2.56. The van der Waals surface area contributed by atoms with Crippen molar-refractivity contribution in [2.24, 2.45) is 0 Å². The molecule has 1 aromatic rings. The van der Waals surface area contributed by atoms with Gasteiger partial charge in [-0.2, -0.15) is 0 Å². The highest BCUT2D eigenvalue weighted by Crippen LogP contribution is 2.42. The highest BCUT2D eigenvalue weighted by Gasteiger charge is 2.48. The predicted octanol–water partition coefficient (Wildman–Crippen LogP) is 2.49. The van der Waals surface area contributed by atoms with Crippen LogP contribution in [0.3, 0.4) is 0 Å². The van der Waals surface area contributed by atoms with E-state index in [9.17, 15) is 23.7 Å². The van der Waals surface area contributed by atoms with Gasteiger partial charge in [-0.05, 0) is 36.0 Å². The topological polar surface area (TPSA) is 123 Å². The first-order chi connectivity index (χ1) is 16.2. The Kier molecular flexibility index (Phi) is 7.30. The highest BCUT2D eigenvalue weighted by molar-refractivity contribution is 7.91. The summed E-state index contributed by atoms with van der Waals surface area (Å²) in [6, 6.07) is 5.50. The second-order valence-corrected chi connectivity index (χ2v) is 10.8. The number of ether oxygens (including phenoxy) is 3. The Labute approximate surface area is 199 Å². The zero-order valence-electron chi connectivity index (χ0n) is 19.1. The Morgan fingerprint density at radius 3 is 2.53 bits per heavy atom. The summed E-state index contributed by atoms with van der Waals surface area (Å²) in [4.78, 5) is 0. The van der Waals surface area contributed by atoms with Crippen molar-refractivity contribution in [3.8, 4) is 0 Å². The summed E-state index contributed by atoms with van der Waals surface area (Å²) in [6.07, 6.45) is 7.87. The van der Waals surface area contributed by atoms with Gasteiger partial charge in [0, 0.05) is 6.26 Å². The lowest BCUT2D eigenvalue weighted by Gasteiger charge is -2.40. The van der Waals surface area contributed by atoms with Crippen molar-refractivity contribution in [3.05, 3.63) is 83.2 Å². The van der Waals surface area contributed by atoms with E-state index < -0.39 is 39.7 Å². The molecule has 1 unspecified atom stereocenters. The number of benzene rings is 1. The van der Waals surface area contributed by atoms with Gasteiger partial charge < -0.3 is 29.5 Å². The van der Waals surface area contributed by atoms with Crippen LogP contribution < -0.4 is 0 Å². The average molecular weight is 491 g/mol. The summed E-state index contributed by atoms with van der Waals surface area (Å²) in [5.74, 6) is 0.331. The molecule has 3 N–H and O–H groups in total. The zero-order valence-corrected chi connectivity index (χ0v) is 19.9. The molecule has 1 saturated heterocycles. The maximum Gasteiger partial charge on any atom is 0.187 e. The van der Waals surface area contributed by atoms with Crippen molar-refractivity contribution in [1.82, 2.24) is 0 Å². The monoisotopic (exact) mass is 490 g/mol. The van der Waals surface area contributed by atoms with Gasteiger partial charge in [-0.3, -0.25) is 0 Å². The van der Waals surface area contributed by atoms with Crippen LogP contribution in [-0.2, 0) is 30.5 Å². The lowest BCUT2D eigenvalue weighted by atomic mass is 9.80. The number of aliphatic hydroxyl groups excluding tert-OH is 3. The van der Waals surface area contributed by atoms with E-state index in [1.807, 2.05) is 25.1 Å². The van der Waals surface area contributed by atoms with Crippen LogP contribution >= 0.6 is 0 Å². The second kappa shape index (κ2) is 10.1. The van der Waals surface area contributed by atoms with Crippen LogP contribution in [0.25, 0.3) is 0 Å². The molecule has 0 radical (unpaired) electrons. The Hall–Kier alpha value is -2.43. The number of rotatable bonds is 6. The number of hydrogen-bond acceptors (Lipinski definition) is 8. The normalized spacial score (nSPS) is 30.1. The minimum Gasteiger partial charge on any atom is -0.466 e. The molecular weight excluding hydrogens is 460 g/mol. The van der Waals surface area contributed by atoms with E-state index in [1.165, 1.54) is 12.5 Å². The van der Waals surface area contributed by atoms with E-state index >= 15 is 0 Å². The summed E-state index contributed by atoms with van der Waals surface area (Å²) in [5, 5.41) is 31.3. The molecule has 34 heavy (non-hydrogen) atoms. The van der Waals surface area contributed by atoms with Crippen LogP contribution in [0.1, 0.15) is 48.5 Å². The van der Waals surface area contributed by atoms with Crippen molar-refractivity contribution in [3.63, 3.8) is 0 Å². The van der Waals surface area contributed by atoms with Crippen LogP contribution in [0, 0.1) is 0 Å². The van der Waals surface area contributed by atoms with Gasteiger partial charge in [0.1, 0.15) is 49.0 Å².